The molecule has 1 rings (SSSR count). The topological polar surface area (TPSA) is 105 Å². The molecule has 4 N–H and O–H groups in total. The lowest BCUT2D eigenvalue weighted by molar-refractivity contribution is -0.119. The molecule has 0 aliphatic rings. The Labute approximate surface area is 98.2 Å². The molecular weight excluding hydrogens is 222 g/mol. The van der Waals surface area contributed by atoms with Crippen LogP contribution >= 0.6 is 0 Å². The lowest BCUT2D eigenvalue weighted by Gasteiger charge is -2.24. The molecule has 6 nitrogen and oxygen atoms in total. The molecule has 0 fully saturated rings. The Morgan fingerprint density at radius 1 is 1.47 bits per heavy atom. The summed E-state index contributed by atoms with van der Waals surface area (Å²) in [4.78, 5) is 36.0. The molecule has 0 saturated heterocycles. The zero-order valence-electron chi connectivity index (χ0n) is 9.74. The summed E-state index contributed by atoms with van der Waals surface area (Å²) in [6.07, 6.45) is 1.42. The van der Waals surface area contributed by atoms with E-state index in [0.717, 1.165) is 0 Å². The second-order valence-corrected chi connectivity index (χ2v) is 4.42. The van der Waals surface area contributed by atoms with E-state index < -0.39 is 17.4 Å². The first-order valence-corrected chi connectivity index (χ1v) is 5.10. The van der Waals surface area contributed by atoms with Gasteiger partial charge in [0.15, 0.2) is 0 Å². The van der Waals surface area contributed by atoms with E-state index in [-0.39, 0.29) is 17.5 Å². The molecule has 17 heavy (non-hydrogen) atoms. The van der Waals surface area contributed by atoms with E-state index in [2.05, 4.69) is 10.3 Å². The van der Waals surface area contributed by atoms with Gasteiger partial charge in [-0.25, -0.2) is 0 Å². The van der Waals surface area contributed by atoms with Crippen molar-refractivity contribution in [1.82, 2.24) is 10.3 Å². The van der Waals surface area contributed by atoms with Crippen LogP contribution in [-0.2, 0) is 4.79 Å². The summed E-state index contributed by atoms with van der Waals surface area (Å²) in [6, 6.07) is 2.67. The molecule has 1 aromatic rings. The molecule has 1 aromatic heterocycles. The van der Waals surface area contributed by atoms with Crippen LogP contribution in [0.1, 0.15) is 30.6 Å². The van der Waals surface area contributed by atoms with E-state index in [1.165, 1.54) is 18.3 Å². The molecule has 0 saturated carbocycles. The SMILES string of the molecule is CC(C)(CC(N)=O)NC(=O)c1cc[nH]c(=O)c1. The number of carbonyl (C=O) groups excluding carboxylic acids is 2. The predicted octanol–water partition coefficient (Wildman–Crippen LogP) is -0.241. The second kappa shape index (κ2) is 4.82. The number of carbonyl (C=O) groups is 2. The van der Waals surface area contributed by atoms with Crippen molar-refractivity contribution in [2.24, 2.45) is 5.73 Å². The number of primary amides is 1. The molecule has 1 heterocycles. The number of aromatic amines is 1. The first-order valence-electron chi connectivity index (χ1n) is 5.10. The largest absolute Gasteiger partial charge is 0.370 e. The van der Waals surface area contributed by atoms with Crippen LogP contribution in [-0.4, -0.2) is 22.3 Å². The van der Waals surface area contributed by atoms with Crippen LogP contribution in [0.4, 0.5) is 0 Å². The third-order valence-corrected chi connectivity index (χ3v) is 2.11. The Morgan fingerprint density at radius 2 is 2.12 bits per heavy atom. The van der Waals surface area contributed by atoms with Crippen molar-refractivity contribution in [3.05, 3.63) is 34.2 Å². The van der Waals surface area contributed by atoms with Crippen molar-refractivity contribution in [3.63, 3.8) is 0 Å². The molecule has 0 unspecified atom stereocenters. The highest BCUT2D eigenvalue weighted by molar-refractivity contribution is 5.94. The van der Waals surface area contributed by atoms with Crippen LogP contribution < -0.4 is 16.6 Å². The normalized spacial score (nSPS) is 10.9. The quantitative estimate of drug-likeness (QED) is 0.672. The van der Waals surface area contributed by atoms with Crippen LogP contribution in [0.2, 0.25) is 0 Å². The lowest BCUT2D eigenvalue weighted by Crippen LogP contribution is -2.46. The van der Waals surface area contributed by atoms with Gasteiger partial charge in [-0.2, -0.15) is 0 Å². The van der Waals surface area contributed by atoms with Gasteiger partial charge in [0.1, 0.15) is 0 Å². The van der Waals surface area contributed by atoms with Crippen molar-refractivity contribution >= 4 is 11.8 Å². The highest BCUT2D eigenvalue weighted by Gasteiger charge is 2.23. The summed E-state index contributed by atoms with van der Waals surface area (Å²) in [6.45, 7) is 3.37. The minimum Gasteiger partial charge on any atom is -0.370 e. The minimum absolute atomic E-state index is 0.0297. The van der Waals surface area contributed by atoms with Gasteiger partial charge in [-0.3, -0.25) is 14.4 Å². The Kier molecular flexibility index (Phi) is 3.67. The van der Waals surface area contributed by atoms with Crippen molar-refractivity contribution in [3.8, 4) is 0 Å². The first-order chi connectivity index (χ1) is 7.80. The van der Waals surface area contributed by atoms with E-state index >= 15 is 0 Å². The fraction of sp³-hybridized carbons (Fsp3) is 0.364. The highest BCUT2D eigenvalue weighted by atomic mass is 16.2. The number of amides is 2. The molecule has 2 amide bonds. The van der Waals surface area contributed by atoms with Crippen molar-refractivity contribution in [2.75, 3.05) is 0 Å². The van der Waals surface area contributed by atoms with Crippen LogP contribution in [0, 0.1) is 0 Å². The maximum absolute atomic E-state index is 11.8. The molecule has 92 valence electrons. The van der Waals surface area contributed by atoms with Crippen LogP contribution in [0.25, 0.3) is 0 Å². The average Bonchev–Trinajstić information content (AvgIpc) is 2.14. The number of H-pyrrole nitrogens is 1. The first kappa shape index (κ1) is 13.0. The molecule has 0 radical (unpaired) electrons. The number of hydrogen-bond donors (Lipinski definition) is 3. The van der Waals surface area contributed by atoms with Crippen LogP contribution in [0.3, 0.4) is 0 Å². The van der Waals surface area contributed by atoms with Crippen LogP contribution in [0.5, 0.6) is 0 Å². The van der Waals surface area contributed by atoms with Gasteiger partial charge in [-0.1, -0.05) is 0 Å². The Bertz CT molecular complexity index is 491. The lowest BCUT2D eigenvalue weighted by atomic mass is 10.00. The molecular formula is C11H15N3O3. The van der Waals surface area contributed by atoms with Crippen LogP contribution in [0.15, 0.2) is 23.1 Å². The fourth-order valence-corrected chi connectivity index (χ4v) is 1.45. The molecule has 0 aliphatic carbocycles. The number of pyridine rings is 1. The fourth-order valence-electron chi connectivity index (χ4n) is 1.45. The van der Waals surface area contributed by atoms with Gasteiger partial charge in [0.25, 0.3) is 5.91 Å². The summed E-state index contributed by atoms with van der Waals surface area (Å²) >= 11 is 0. The second-order valence-electron chi connectivity index (χ2n) is 4.42. The number of aromatic nitrogens is 1. The number of nitrogens with two attached hydrogens (primary N) is 1. The van der Waals surface area contributed by atoms with Gasteiger partial charge in [0, 0.05) is 29.8 Å². The Morgan fingerprint density at radius 3 is 2.65 bits per heavy atom. The average molecular weight is 237 g/mol. The molecule has 6 heteroatoms. The predicted molar refractivity (Wildman–Crippen MR) is 62.4 cm³/mol. The summed E-state index contributed by atoms with van der Waals surface area (Å²) in [5.41, 5.74) is 4.21. The molecule has 0 spiro atoms. The zero-order valence-corrected chi connectivity index (χ0v) is 9.74. The zero-order chi connectivity index (χ0) is 13.1. The third-order valence-electron chi connectivity index (χ3n) is 2.11. The molecule has 0 aliphatic heterocycles. The van der Waals surface area contributed by atoms with Crippen molar-refractivity contribution in [2.45, 2.75) is 25.8 Å². The summed E-state index contributed by atoms with van der Waals surface area (Å²) in [5.74, 6) is -0.913. The van der Waals surface area contributed by atoms with Gasteiger partial charge in [-0.05, 0) is 19.9 Å². The number of nitrogens with one attached hydrogen (secondary N) is 2. The van der Waals surface area contributed by atoms with E-state index in [1.54, 1.807) is 13.8 Å². The third kappa shape index (κ3) is 4.10. The molecule has 0 aromatic carbocycles. The minimum atomic E-state index is -0.745. The summed E-state index contributed by atoms with van der Waals surface area (Å²) < 4.78 is 0. The maximum Gasteiger partial charge on any atom is 0.251 e. The van der Waals surface area contributed by atoms with Crippen molar-refractivity contribution in [1.29, 1.82) is 0 Å². The highest BCUT2D eigenvalue weighted by Crippen LogP contribution is 2.08. The maximum atomic E-state index is 11.8. The van der Waals surface area contributed by atoms with Crippen molar-refractivity contribution < 1.29 is 9.59 Å². The summed E-state index contributed by atoms with van der Waals surface area (Å²) in [5, 5.41) is 2.64. The monoisotopic (exact) mass is 237 g/mol. The smallest absolute Gasteiger partial charge is 0.251 e. The van der Waals surface area contributed by atoms with E-state index in [1.807, 2.05) is 0 Å². The van der Waals surface area contributed by atoms with Gasteiger partial charge in [0.2, 0.25) is 11.5 Å². The summed E-state index contributed by atoms with van der Waals surface area (Å²) in [7, 11) is 0. The van der Waals surface area contributed by atoms with Gasteiger partial charge in [-0.15, -0.1) is 0 Å². The van der Waals surface area contributed by atoms with Gasteiger partial charge in [0.05, 0.1) is 0 Å². The van der Waals surface area contributed by atoms with E-state index in [0.29, 0.717) is 0 Å². The number of rotatable bonds is 4. The van der Waals surface area contributed by atoms with E-state index in [9.17, 15) is 14.4 Å². The Balaban J connectivity index is 2.79. The van der Waals surface area contributed by atoms with Gasteiger partial charge < -0.3 is 16.0 Å². The number of hydrogen-bond acceptors (Lipinski definition) is 3. The molecule has 0 atom stereocenters. The van der Waals surface area contributed by atoms with E-state index in [4.69, 9.17) is 5.73 Å². The Hall–Kier alpha value is -2.11. The molecule has 0 bridgehead atoms. The van der Waals surface area contributed by atoms with Gasteiger partial charge >= 0.3 is 0 Å². The standard InChI is InChI=1S/C11H15N3O3/c1-11(2,6-8(12)15)14-10(17)7-3-4-13-9(16)5-7/h3-5H,6H2,1-2H3,(H2,12,15)(H,13,16)(H,14,17).